The fourth-order valence-corrected chi connectivity index (χ4v) is 10.4. The lowest BCUT2D eigenvalue weighted by Gasteiger charge is -2.31. The second kappa shape index (κ2) is 11.4. The molecule has 0 saturated carbocycles. The van der Waals surface area contributed by atoms with Gasteiger partial charge in [-0.25, -0.2) is 0 Å². The van der Waals surface area contributed by atoms with Gasteiger partial charge in [0.15, 0.2) is 5.60 Å². The van der Waals surface area contributed by atoms with Crippen molar-refractivity contribution in [2.45, 2.75) is 69.1 Å². The van der Waals surface area contributed by atoms with Crippen molar-refractivity contribution in [3.05, 3.63) is 59.7 Å². The molecule has 1 spiro atoms. The molecule has 0 radical (unpaired) electrons. The van der Waals surface area contributed by atoms with Gasteiger partial charge in [0.05, 0.1) is 44.0 Å². The zero-order chi connectivity index (χ0) is 30.5. The number of para-hydroxylation sites is 1. The molecule has 3 fully saturated rings. The molecule has 5 atom stereocenters. The van der Waals surface area contributed by atoms with E-state index in [1.807, 2.05) is 55.5 Å². The molecular formula is C32H41FN4O5Si. The predicted molar refractivity (Wildman–Crippen MR) is 164 cm³/mol. The van der Waals surface area contributed by atoms with E-state index in [9.17, 15) is 19.5 Å². The van der Waals surface area contributed by atoms with Crippen LogP contribution in [0.5, 0.6) is 0 Å². The van der Waals surface area contributed by atoms with Crippen LogP contribution in [0.15, 0.2) is 48.5 Å². The van der Waals surface area contributed by atoms with Crippen molar-refractivity contribution in [1.82, 2.24) is 10.2 Å². The Bertz CT molecular complexity index is 1420. The Morgan fingerprint density at radius 1 is 1.16 bits per heavy atom. The highest BCUT2D eigenvalue weighted by atomic mass is 28.4. The van der Waals surface area contributed by atoms with E-state index in [4.69, 9.17) is 4.74 Å². The van der Waals surface area contributed by atoms with Crippen LogP contribution in [0.3, 0.4) is 0 Å². The second-order valence-electron chi connectivity index (χ2n) is 12.8. The normalized spacial score (nSPS) is 29.2. The van der Waals surface area contributed by atoms with Crippen molar-refractivity contribution in [2.75, 3.05) is 42.6 Å². The molecule has 9 nitrogen and oxygen atoms in total. The summed E-state index contributed by atoms with van der Waals surface area (Å²) in [6, 6.07) is 15.0. The zero-order valence-electron chi connectivity index (χ0n) is 25.1. The number of carbonyl (C=O) groups excluding carboxylic acids is 3. The quantitative estimate of drug-likeness (QED) is 0.370. The van der Waals surface area contributed by atoms with Gasteiger partial charge in [0.25, 0.3) is 5.91 Å². The number of piperazine rings is 1. The van der Waals surface area contributed by atoms with E-state index in [0.717, 1.165) is 24.1 Å². The van der Waals surface area contributed by atoms with E-state index in [0.29, 0.717) is 30.9 Å². The molecule has 11 heteroatoms. The van der Waals surface area contributed by atoms with Crippen molar-refractivity contribution in [2.24, 2.45) is 5.92 Å². The first-order chi connectivity index (χ1) is 20.6. The average molecular weight is 609 g/mol. The first-order valence-corrected chi connectivity index (χ1v) is 18.3. The molecule has 0 unspecified atom stereocenters. The molecule has 6 rings (SSSR count). The molecule has 2 N–H and O–H groups in total. The largest absolute Gasteiger partial charge is 0.394 e. The average Bonchev–Trinajstić information content (AvgIpc) is 3.64. The van der Waals surface area contributed by atoms with Gasteiger partial charge < -0.3 is 34.0 Å². The summed E-state index contributed by atoms with van der Waals surface area (Å²) in [6.45, 7) is 7.45. The van der Waals surface area contributed by atoms with Gasteiger partial charge in [-0.05, 0) is 49.7 Å². The van der Waals surface area contributed by atoms with Crippen molar-refractivity contribution in [1.29, 1.82) is 0 Å². The molecule has 0 aromatic heterocycles. The molecular weight excluding hydrogens is 567 g/mol. The lowest BCUT2D eigenvalue weighted by Crippen LogP contribution is -2.48. The number of nitrogens with one attached hydrogen (secondary N) is 1. The molecule has 43 heavy (non-hydrogen) atoms. The molecule has 2 aromatic carbocycles. The van der Waals surface area contributed by atoms with Crippen molar-refractivity contribution in [3.8, 4) is 0 Å². The molecule has 3 saturated heterocycles. The monoisotopic (exact) mass is 608 g/mol. The summed E-state index contributed by atoms with van der Waals surface area (Å²) in [5.74, 6) is -0.906. The molecule has 4 heterocycles. The van der Waals surface area contributed by atoms with Crippen LogP contribution in [-0.4, -0.2) is 81.1 Å². The third-order valence-corrected chi connectivity index (χ3v) is 12.3. The van der Waals surface area contributed by atoms with E-state index < -0.39 is 31.6 Å². The number of ether oxygens (including phenoxy) is 1. The maximum absolute atomic E-state index is 16.1. The summed E-state index contributed by atoms with van der Waals surface area (Å²) >= 11 is 0. The van der Waals surface area contributed by atoms with Gasteiger partial charge in [0.1, 0.15) is 0 Å². The number of aliphatic hydroxyl groups excluding tert-OH is 1. The Morgan fingerprint density at radius 2 is 1.95 bits per heavy atom. The first kappa shape index (κ1) is 29.9. The van der Waals surface area contributed by atoms with Gasteiger partial charge in [-0.3, -0.25) is 14.4 Å². The van der Waals surface area contributed by atoms with Gasteiger partial charge in [0, 0.05) is 42.3 Å². The number of benzene rings is 2. The number of amides is 3. The van der Waals surface area contributed by atoms with Gasteiger partial charge in [-0.1, -0.05) is 37.3 Å². The van der Waals surface area contributed by atoms with Crippen LogP contribution < -0.4 is 15.1 Å². The zero-order valence-corrected chi connectivity index (χ0v) is 26.1. The fraction of sp³-hybridized carbons (Fsp3) is 0.531. The van der Waals surface area contributed by atoms with Crippen LogP contribution in [0, 0.1) is 5.92 Å². The smallest absolute Gasteiger partial charge is 0.264 e. The molecule has 230 valence electrons. The van der Waals surface area contributed by atoms with Crippen molar-refractivity contribution < 1.29 is 28.3 Å². The Kier molecular flexibility index (Phi) is 7.95. The van der Waals surface area contributed by atoms with Crippen LogP contribution in [0.25, 0.3) is 0 Å². The maximum atomic E-state index is 16.1. The minimum Gasteiger partial charge on any atom is -0.394 e. The predicted octanol–water partition coefficient (Wildman–Crippen LogP) is 3.32. The Balaban J connectivity index is 1.32. The molecule has 0 aliphatic carbocycles. The number of nitrogens with zero attached hydrogens (tertiary/aromatic N) is 3. The lowest BCUT2D eigenvalue weighted by molar-refractivity contribution is -0.150. The number of hydrogen-bond acceptors (Lipinski definition) is 6. The molecule has 0 bridgehead atoms. The summed E-state index contributed by atoms with van der Waals surface area (Å²) in [5.41, 5.74) is 1.08. The van der Waals surface area contributed by atoms with E-state index in [1.54, 1.807) is 27.8 Å². The highest BCUT2D eigenvalue weighted by Gasteiger charge is 2.67. The van der Waals surface area contributed by atoms with E-state index >= 15 is 4.11 Å². The van der Waals surface area contributed by atoms with E-state index in [2.05, 4.69) is 5.32 Å². The topological polar surface area (TPSA) is 102 Å². The van der Waals surface area contributed by atoms with Crippen LogP contribution >= 0.6 is 0 Å². The molecule has 3 amide bonds. The number of carbonyl (C=O) groups is 3. The molecule has 2 aromatic rings. The van der Waals surface area contributed by atoms with Crippen LogP contribution in [-0.2, 0) is 31.3 Å². The lowest BCUT2D eigenvalue weighted by atomic mass is 9.82. The van der Waals surface area contributed by atoms with Crippen LogP contribution in [0.1, 0.15) is 37.3 Å². The Labute approximate surface area is 253 Å². The number of aliphatic hydroxyl groups is 1. The minimum atomic E-state index is -3.41. The van der Waals surface area contributed by atoms with E-state index in [1.165, 1.54) is 0 Å². The van der Waals surface area contributed by atoms with Gasteiger partial charge in [-0.15, -0.1) is 0 Å². The highest BCUT2D eigenvalue weighted by molar-refractivity contribution is 6.72. The minimum absolute atomic E-state index is 0.00185. The number of fused-ring (bicyclic) bond motifs is 2. The van der Waals surface area contributed by atoms with Crippen molar-refractivity contribution >= 4 is 37.5 Å². The summed E-state index contributed by atoms with van der Waals surface area (Å²) in [4.78, 5) is 45.7. The van der Waals surface area contributed by atoms with Gasteiger partial charge in [-0.2, -0.15) is 0 Å². The SMILES string of the molecule is C[C@@H]1[C@@H]([Si](C)(C)F)[C@H](CC(=O)N2CCC[C@H]2CO)O[C@@]12C(=O)N(Cc1cccc(N3CCNCC3=O)c1)c1ccccc12. The molecule has 4 aliphatic heterocycles. The second-order valence-corrected chi connectivity index (χ2v) is 16.6. The maximum Gasteiger partial charge on any atom is 0.264 e. The third kappa shape index (κ3) is 5.09. The number of hydrogen-bond donors (Lipinski definition) is 2. The summed E-state index contributed by atoms with van der Waals surface area (Å²) in [7, 11) is -3.41. The van der Waals surface area contributed by atoms with Gasteiger partial charge >= 0.3 is 0 Å². The number of halogens is 1. The fourth-order valence-electron chi connectivity index (χ4n) is 7.89. The van der Waals surface area contributed by atoms with Crippen molar-refractivity contribution in [3.63, 3.8) is 0 Å². The molecule has 4 aliphatic rings. The Morgan fingerprint density at radius 3 is 2.70 bits per heavy atom. The summed E-state index contributed by atoms with van der Waals surface area (Å²) < 4.78 is 22.9. The first-order valence-electron chi connectivity index (χ1n) is 15.3. The van der Waals surface area contributed by atoms with Gasteiger partial charge in [0.2, 0.25) is 20.2 Å². The van der Waals surface area contributed by atoms with Crippen LogP contribution in [0.2, 0.25) is 18.6 Å². The van der Waals surface area contributed by atoms with Crippen LogP contribution in [0.4, 0.5) is 15.5 Å². The standard InChI is InChI=1S/C32H41FN4O5Si/c1-21-30(43(2,3)33)27(17-28(39)35-14-7-10-24(35)20-38)42-32(21)25-11-4-5-12-26(25)37(31(32)41)19-22-8-6-9-23(16-22)36-15-13-34-18-29(36)40/h4-6,8-9,11-12,16,21,24,27,30,34,38H,7,10,13-15,17-20H2,1-3H3/t21-,24+,27+,30-,32+/m1/s1. The number of anilines is 2. The summed E-state index contributed by atoms with van der Waals surface area (Å²) in [6.07, 6.45) is 0.781. The highest BCUT2D eigenvalue weighted by Crippen LogP contribution is 2.60. The number of likely N-dealkylation sites (tertiary alicyclic amines) is 1. The van der Waals surface area contributed by atoms with E-state index in [-0.39, 0.29) is 49.9 Å². The third-order valence-electron chi connectivity index (χ3n) is 9.80. The number of rotatable bonds is 7. The Hall–Kier alpha value is -3.12. The summed E-state index contributed by atoms with van der Waals surface area (Å²) in [5, 5.41) is 12.9.